The number of hydrogen-bond donors (Lipinski definition) is 1. The van der Waals surface area contributed by atoms with Gasteiger partial charge in [0.05, 0.1) is 12.2 Å². The van der Waals surface area contributed by atoms with E-state index in [1.54, 1.807) is 24.2 Å². The zero-order valence-electron chi connectivity index (χ0n) is 14.4. The van der Waals surface area contributed by atoms with Crippen molar-refractivity contribution in [2.45, 2.75) is 29.8 Å². The van der Waals surface area contributed by atoms with Crippen molar-refractivity contribution in [2.24, 2.45) is 7.05 Å². The summed E-state index contributed by atoms with van der Waals surface area (Å²) in [4.78, 5) is 17.8. The fourth-order valence-corrected chi connectivity index (χ4v) is 3.27. The van der Waals surface area contributed by atoms with Crippen LogP contribution in [0.5, 0.6) is 0 Å². The Balaban J connectivity index is 1.65. The Kier molecular flexibility index (Phi) is 5.19. The molecule has 2 heterocycles. The van der Waals surface area contributed by atoms with E-state index in [0.29, 0.717) is 5.56 Å². The fraction of sp³-hybridized carbons (Fsp3) is 0.211. The first-order valence-corrected chi connectivity index (χ1v) is 8.84. The molecule has 5 nitrogen and oxygen atoms in total. The van der Waals surface area contributed by atoms with Crippen molar-refractivity contribution in [1.82, 2.24) is 20.1 Å². The van der Waals surface area contributed by atoms with Crippen LogP contribution in [0.4, 0.5) is 0 Å². The molecule has 3 rings (SSSR count). The van der Waals surface area contributed by atoms with E-state index in [9.17, 15) is 4.79 Å². The summed E-state index contributed by atoms with van der Waals surface area (Å²) in [5, 5.41) is 8.18. The molecule has 1 N–H and O–H groups in total. The predicted molar refractivity (Wildman–Crippen MR) is 98.6 cm³/mol. The predicted octanol–water partition coefficient (Wildman–Crippen LogP) is 3.77. The largest absolute Gasteiger partial charge is 0.345 e. The summed E-state index contributed by atoms with van der Waals surface area (Å²) in [5.41, 5.74) is 2.71. The third kappa shape index (κ3) is 4.09. The average molecular weight is 352 g/mol. The van der Waals surface area contributed by atoms with Crippen LogP contribution in [0, 0.1) is 6.92 Å². The van der Waals surface area contributed by atoms with E-state index in [1.807, 2.05) is 68.0 Å². The van der Waals surface area contributed by atoms with E-state index in [1.165, 1.54) is 0 Å². The number of rotatable bonds is 5. The van der Waals surface area contributed by atoms with Gasteiger partial charge in [-0.2, -0.15) is 5.10 Å². The molecule has 0 aliphatic carbocycles. The van der Waals surface area contributed by atoms with Crippen molar-refractivity contribution >= 4 is 17.7 Å². The van der Waals surface area contributed by atoms with Crippen molar-refractivity contribution in [2.75, 3.05) is 0 Å². The highest BCUT2D eigenvalue weighted by Crippen LogP contribution is 2.25. The van der Waals surface area contributed by atoms with Crippen LogP contribution in [0.15, 0.2) is 64.8 Å². The number of carbonyl (C=O) groups is 1. The summed E-state index contributed by atoms with van der Waals surface area (Å²) >= 11 is 1.57. The van der Waals surface area contributed by atoms with Crippen LogP contribution < -0.4 is 5.32 Å². The van der Waals surface area contributed by atoms with Gasteiger partial charge in [0.1, 0.15) is 5.03 Å². The zero-order chi connectivity index (χ0) is 17.8. The quantitative estimate of drug-likeness (QED) is 0.759. The van der Waals surface area contributed by atoms with Crippen molar-refractivity contribution in [3.8, 4) is 0 Å². The Morgan fingerprint density at radius 2 is 1.96 bits per heavy atom. The molecule has 128 valence electrons. The topological polar surface area (TPSA) is 59.8 Å². The van der Waals surface area contributed by atoms with Crippen LogP contribution in [0.2, 0.25) is 0 Å². The Labute approximate surface area is 151 Å². The van der Waals surface area contributed by atoms with Crippen molar-refractivity contribution in [3.05, 3.63) is 71.7 Å². The molecule has 3 aromatic rings. The molecule has 0 spiro atoms. The Bertz CT molecular complexity index is 859. The van der Waals surface area contributed by atoms with Crippen LogP contribution in [0.3, 0.4) is 0 Å². The normalized spacial score (nSPS) is 12.0. The van der Waals surface area contributed by atoms with Gasteiger partial charge >= 0.3 is 0 Å². The fourth-order valence-electron chi connectivity index (χ4n) is 2.50. The minimum Gasteiger partial charge on any atom is -0.345 e. The number of amides is 1. The number of aromatic nitrogens is 3. The van der Waals surface area contributed by atoms with E-state index in [4.69, 9.17) is 0 Å². The maximum absolute atomic E-state index is 12.5. The molecule has 0 aliphatic rings. The molecule has 0 radical (unpaired) electrons. The van der Waals surface area contributed by atoms with Gasteiger partial charge < -0.3 is 5.32 Å². The molecule has 0 fully saturated rings. The summed E-state index contributed by atoms with van der Waals surface area (Å²) in [6.07, 6.45) is 3.57. The molecule has 0 saturated heterocycles. The van der Waals surface area contributed by atoms with E-state index < -0.39 is 0 Å². The van der Waals surface area contributed by atoms with Gasteiger partial charge in [0.25, 0.3) is 5.91 Å². The van der Waals surface area contributed by atoms with Crippen molar-refractivity contribution in [1.29, 1.82) is 0 Å². The maximum atomic E-state index is 12.5. The molecule has 6 heteroatoms. The van der Waals surface area contributed by atoms with Crippen molar-refractivity contribution < 1.29 is 4.79 Å². The Morgan fingerprint density at radius 1 is 1.20 bits per heavy atom. The molecular formula is C19H20N4OS. The Hall–Kier alpha value is -2.60. The van der Waals surface area contributed by atoms with E-state index in [-0.39, 0.29) is 11.9 Å². The third-order valence-electron chi connectivity index (χ3n) is 4.06. The molecule has 1 aromatic carbocycles. The number of benzene rings is 1. The third-order valence-corrected chi connectivity index (χ3v) is 5.02. The smallest absolute Gasteiger partial charge is 0.251 e. The lowest BCUT2D eigenvalue weighted by molar-refractivity contribution is 0.0939. The second-order valence-electron chi connectivity index (χ2n) is 5.80. The highest BCUT2D eigenvalue weighted by Gasteiger charge is 2.15. The summed E-state index contributed by atoms with van der Waals surface area (Å²) in [6.45, 7) is 3.96. The average Bonchev–Trinajstić information content (AvgIpc) is 2.95. The summed E-state index contributed by atoms with van der Waals surface area (Å²) in [7, 11) is 1.89. The van der Waals surface area contributed by atoms with E-state index >= 15 is 0 Å². The number of carbonyl (C=O) groups excluding carboxylic acids is 1. The summed E-state index contributed by atoms with van der Waals surface area (Å²) in [5.74, 6) is -0.0925. The van der Waals surface area contributed by atoms with Gasteiger partial charge in [0.2, 0.25) is 0 Å². The van der Waals surface area contributed by atoms with Gasteiger partial charge in [-0.1, -0.05) is 17.8 Å². The molecule has 2 aromatic heterocycles. The highest BCUT2D eigenvalue weighted by atomic mass is 32.2. The number of hydrogen-bond acceptors (Lipinski definition) is 4. The van der Waals surface area contributed by atoms with Gasteiger partial charge in [-0.15, -0.1) is 0 Å². The molecule has 0 bridgehead atoms. The van der Waals surface area contributed by atoms with E-state index in [0.717, 1.165) is 21.2 Å². The molecule has 1 atom stereocenters. The first-order valence-electron chi connectivity index (χ1n) is 8.03. The van der Waals surface area contributed by atoms with Gasteiger partial charge in [-0.05, 0) is 50.2 Å². The van der Waals surface area contributed by atoms with Gasteiger partial charge in [-0.25, -0.2) is 4.98 Å². The lowest BCUT2D eigenvalue weighted by Gasteiger charge is -2.14. The molecule has 0 aliphatic heterocycles. The summed E-state index contributed by atoms with van der Waals surface area (Å²) in [6, 6.07) is 13.3. The van der Waals surface area contributed by atoms with Gasteiger partial charge in [-0.3, -0.25) is 9.48 Å². The highest BCUT2D eigenvalue weighted by molar-refractivity contribution is 7.99. The van der Waals surface area contributed by atoms with Crippen LogP contribution in [-0.2, 0) is 7.05 Å². The Morgan fingerprint density at radius 3 is 2.56 bits per heavy atom. The van der Waals surface area contributed by atoms with Crippen LogP contribution in [0.25, 0.3) is 0 Å². The second kappa shape index (κ2) is 7.53. The molecule has 0 saturated carbocycles. The minimum atomic E-state index is -0.0937. The van der Waals surface area contributed by atoms with E-state index in [2.05, 4.69) is 15.4 Å². The van der Waals surface area contributed by atoms with Gasteiger partial charge in [0.15, 0.2) is 0 Å². The molecule has 1 amide bonds. The van der Waals surface area contributed by atoms with Crippen LogP contribution in [0.1, 0.15) is 34.6 Å². The minimum absolute atomic E-state index is 0.0925. The lowest BCUT2D eigenvalue weighted by atomic mass is 10.1. The van der Waals surface area contributed by atoms with Crippen LogP contribution >= 0.6 is 11.8 Å². The first kappa shape index (κ1) is 17.2. The summed E-state index contributed by atoms with van der Waals surface area (Å²) < 4.78 is 1.81. The second-order valence-corrected chi connectivity index (χ2v) is 6.89. The SMILES string of the molecule is Cc1c([C@@H](C)NC(=O)c2ccc(Sc3ccccn3)cc2)cnn1C. The number of nitrogens with one attached hydrogen (secondary N) is 1. The molecular weight excluding hydrogens is 332 g/mol. The standard InChI is InChI=1S/C19H20N4OS/c1-13(17-12-21-23(3)14(17)2)22-19(24)15-7-9-16(10-8-15)25-18-6-4-5-11-20-18/h4-13H,1-3H3,(H,22,24)/t13-/m1/s1. The van der Waals surface area contributed by atoms with Gasteiger partial charge in [0, 0.05) is 35.0 Å². The lowest BCUT2D eigenvalue weighted by Crippen LogP contribution is -2.26. The van der Waals surface area contributed by atoms with Crippen molar-refractivity contribution in [3.63, 3.8) is 0 Å². The number of nitrogens with zero attached hydrogens (tertiary/aromatic N) is 3. The number of pyridine rings is 1. The molecule has 0 unspecified atom stereocenters. The first-order chi connectivity index (χ1) is 12.0. The maximum Gasteiger partial charge on any atom is 0.251 e. The number of aryl methyl sites for hydroxylation is 1. The monoisotopic (exact) mass is 352 g/mol. The van der Waals surface area contributed by atoms with Crippen LogP contribution in [-0.4, -0.2) is 20.7 Å². The zero-order valence-corrected chi connectivity index (χ0v) is 15.2. The molecule has 25 heavy (non-hydrogen) atoms.